The highest BCUT2D eigenvalue weighted by Crippen LogP contribution is 2.36. The second-order valence-electron chi connectivity index (χ2n) is 5.58. The highest BCUT2D eigenvalue weighted by atomic mass is 16.3. The van der Waals surface area contributed by atoms with Crippen molar-refractivity contribution in [3.8, 4) is 0 Å². The van der Waals surface area contributed by atoms with Gasteiger partial charge in [0.05, 0.1) is 5.57 Å². The number of Topliss-reactive ketones (excluding diaryl/α,β-unsaturated/α-hetero) is 1. The molecule has 0 spiro atoms. The molecule has 2 heterocycles. The van der Waals surface area contributed by atoms with E-state index in [0.717, 1.165) is 18.4 Å². The van der Waals surface area contributed by atoms with Gasteiger partial charge in [0.2, 0.25) is 0 Å². The van der Waals surface area contributed by atoms with Gasteiger partial charge in [-0.2, -0.15) is 0 Å². The molecule has 0 aliphatic carbocycles. The van der Waals surface area contributed by atoms with Gasteiger partial charge in [0.1, 0.15) is 5.76 Å². The third kappa shape index (κ3) is 2.29. The molecular weight excluding hydrogens is 250 g/mol. The van der Waals surface area contributed by atoms with E-state index >= 15 is 0 Å². The third-order valence-electron chi connectivity index (χ3n) is 4.40. The van der Waals surface area contributed by atoms with Crippen LogP contribution >= 0.6 is 0 Å². The fourth-order valence-electron chi connectivity index (χ4n) is 3.26. The molecule has 3 heteroatoms. The lowest BCUT2D eigenvalue weighted by atomic mass is 9.94. The lowest BCUT2D eigenvalue weighted by Gasteiger charge is -2.32. The van der Waals surface area contributed by atoms with Gasteiger partial charge in [-0.3, -0.25) is 9.69 Å². The normalized spacial score (nSPS) is 29.1. The number of benzene rings is 1. The molecule has 2 aliphatic rings. The Balaban J connectivity index is 1.88. The molecule has 2 bridgehead atoms. The predicted molar refractivity (Wildman–Crippen MR) is 79.3 cm³/mol. The Morgan fingerprint density at radius 1 is 1.30 bits per heavy atom. The van der Waals surface area contributed by atoms with Crippen LogP contribution in [0.2, 0.25) is 0 Å². The van der Waals surface area contributed by atoms with Gasteiger partial charge in [-0.05, 0) is 31.5 Å². The summed E-state index contributed by atoms with van der Waals surface area (Å²) in [7, 11) is 2.04. The summed E-state index contributed by atoms with van der Waals surface area (Å²) in [5.41, 5.74) is 1.61. The maximum atomic E-state index is 12.2. The van der Waals surface area contributed by atoms with Gasteiger partial charge < -0.3 is 5.11 Å². The minimum Gasteiger partial charge on any atom is -0.507 e. The van der Waals surface area contributed by atoms with E-state index in [1.54, 1.807) is 6.08 Å². The van der Waals surface area contributed by atoms with Gasteiger partial charge in [-0.25, -0.2) is 0 Å². The molecule has 20 heavy (non-hydrogen) atoms. The van der Waals surface area contributed by atoms with Crippen molar-refractivity contribution >= 4 is 11.9 Å². The monoisotopic (exact) mass is 269 g/mol. The Bertz CT molecular complexity index is 574. The van der Waals surface area contributed by atoms with E-state index in [1.807, 2.05) is 43.5 Å². The zero-order valence-electron chi connectivity index (χ0n) is 11.6. The average Bonchev–Trinajstić information content (AvgIpc) is 2.71. The van der Waals surface area contributed by atoms with Crippen molar-refractivity contribution in [2.45, 2.75) is 31.3 Å². The fraction of sp³-hybridized carbons (Fsp3) is 0.353. The number of fused-ring (bicyclic) bond motifs is 2. The van der Waals surface area contributed by atoms with Crippen LogP contribution in [0.5, 0.6) is 0 Å². The molecule has 0 amide bonds. The smallest absolute Gasteiger partial charge is 0.165 e. The number of aliphatic hydroxyl groups excluding tert-OH is 1. The fourth-order valence-corrected chi connectivity index (χ4v) is 3.26. The molecule has 2 fully saturated rings. The second-order valence-corrected chi connectivity index (χ2v) is 5.58. The maximum absolute atomic E-state index is 12.2. The molecule has 0 saturated carbocycles. The number of hydrogen-bond acceptors (Lipinski definition) is 3. The van der Waals surface area contributed by atoms with Crippen LogP contribution in [-0.4, -0.2) is 34.9 Å². The summed E-state index contributed by atoms with van der Waals surface area (Å²) in [5.74, 6) is 0.224. The first-order valence-electron chi connectivity index (χ1n) is 7.08. The Labute approximate surface area is 119 Å². The van der Waals surface area contributed by atoms with Gasteiger partial charge in [0, 0.05) is 18.5 Å². The van der Waals surface area contributed by atoms with Gasteiger partial charge in [0.15, 0.2) is 5.78 Å². The van der Waals surface area contributed by atoms with E-state index in [1.165, 1.54) is 0 Å². The second kappa shape index (κ2) is 5.25. The van der Waals surface area contributed by atoms with Crippen molar-refractivity contribution in [3.05, 3.63) is 53.3 Å². The summed E-state index contributed by atoms with van der Waals surface area (Å²) in [5, 5.41) is 10.3. The first kappa shape index (κ1) is 13.1. The average molecular weight is 269 g/mol. The molecular formula is C17H19NO2. The van der Waals surface area contributed by atoms with Gasteiger partial charge in [-0.15, -0.1) is 0 Å². The van der Waals surface area contributed by atoms with Crippen LogP contribution in [0.15, 0.2) is 47.7 Å². The van der Waals surface area contributed by atoms with E-state index in [-0.39, 0.29) is 17.6 Å². The number of likely N-dealkylation sites (N-methyl/N-ethyl adjacent to an activating group) is 1. The topological polar surface area (TPSA) is 40.5 Å². The zero-order chi connectivity index (χ0) is 14.1. The van der Waals surface area contributed by atoms with Crippen molar-refractivity contribution in [2.75, 3.05) is 7.05 Å². The van der Waals surface area contributed by atoms with E-state index in [0.29, 0.717) is 18.0 Å². The molecule has 2 aliphatic heterocycles. The molecule has 0 aromatic heterocycles. The van der Waals surface area contributed by atoms with Gasteiger partial charge >= 0.3 is 0 Å². The van der Waals surface area contributed by atoms with Crippen LogP contribution in [0.4, 0.5) is 0 Å². The van der Waals surface area contributed by atoms with Crippen LogP contribution in [0.1, 0.15) is 24.8 Å². The highest BCUT2D eigenvalue weighted by Gasteiger charge is 2.42. The van der Waals surface area contributed by atoms with E-state index < -0.39 is 0 Å². The molecule has 0 radical (unpaired) electrons. The van der Waals surface area contributed by atoms with Crippen molar-refractivity contribution in [1.82, 2.24) is 4.90 Å². The van der Waals surface area contributed by atoms with Gasteiger partial charge in [0.25, 0.3) is 0 Å². The first-order valence-corrected chi connectivity index (χ1v) is 7.08. The van der Waals surface area contributed by atoms with Crippen molar-refractivity contribution in [3.63, 3.8) is 0 Å². The number of rotatable bonds is 2. The number of carbonyl (C=O) groups excluding carboxylic acids is 1. The van der Waals surface area contributed by atoms with Crippen LogP contribution in [-0.2, 0) is 4.79 Å². The Morgan fingerprint density at radius 2 is 2.05 bits per heavy atom. The summed E-state index contributed by atoms with van der Waals surface area (Å²) in [6.07, 6.45) is 6.04. The Kier molecular flexibility index (Phi) is 3.45. The molecule has 1 aromatic rings. The summed E-state index contributed by atoms with van der Waals surface area (Å²) in [6, 6.07) is 10.2. The number of allylic oxidation sites excluding steroid dienone is 1. The summed E-state index contributed by atoms with van der Waals surface area (Å²) < 4.78 is 0. The number of piperidine rings is 1. The molecule has 2 atom stereocenters. The molecule has 104 valence electrons. The Morgan fingerprint density at radius 3 is 2.80 bits per heavy atom. The van der Waals surface area contributed by atoms with Crippen LogP contribution in [0.3, 0.4) is 0 Å². The Hall–Kier alpha value is -1.87. The zero-order valence-corrected chi connectivity index (χ0v) is 11.6. The third-order valence-corrected chi connectivity index (χ3v) is 4.40. The quantitative estimate of drug-likeness (QED) is 0.663. The SMILES string of the molecule is CN1C2CC[C@@H]1/C(=C(O)/C=C/c1ccccc1)C(=O)C2. The predicted octanol–water partition coefficient (Wildman–Crippen LogP) is 2.95. The lowest BCUT2D eigenvalue weighted by molar-refractivity contribution is -0.118. The van der Waals surface area contributed by atoms with Crippen molar-refractivity contribution < 1.29 is 9.90 Å². The minimum absolute atomic E-state index is 0.0849. The summed E-state index contributed by atoms with van der Waals surface area (Å²) in [4.78, 5) is 14.4. The van der Waals surface area contributed by atoms with E-state index in [2.05, 4.69) is 4.90 Å². The number of nitrogens with zero attached hydrogens (tertiary/aromatic N) is 1. The number of carbonyl (C=O) groups is 1. The van der Waals surface area contributed by atoms with Crippen LogP contribution in [0, 0.1) is 0 Å². The van der Waals surface area contributed by atoms with E-state index in [9.17, 15) is 9.90 Å². The number of ketones is 1. The van der Waals surface area contributed by atoms with Crippen molar-refractivity contribution in [1.29, 1.82) is 0 Å². The first-order chi connectivity index (χ1) is 9.66. The van der Waals surface area contributed by atoms with Crippen LogP contribution < -0.4 is 0 Å². The molecule has 2 saturated heterocycles. The lowest BCUT2D eigenvalue weighted by Crippen LogP contribution is -2.42. The van der Waals surface area contributed by atoms with Gasteiger partial charge in [-0.1, -0.05) is 36.4 Å². The minimum atomic E-state index is 0.0849. The summed E-state index contributed by atoms with van der Waals surface area (Å²) in [6.45, 7) is 0. The van der Waals surface area contributed by atoms with E-state index in [4.69, 9.17) is 0 Å². The summed E-state index contributed by atoms with van der Waals surface area (Å²) >= 11 is 0. The van der Waals surface area contributed by atoms with Crippen molar-refractivity contribution in [2.24, 2.45) is 0 Å². The molecule has 1 N–H and O–H groups in total. The molecule has 3 rings (SSSR count). The largest absolute Gasteiger partial charge is 0.507 e. The van der Waals surface area contributed by atoms with Crippen LogP contribution in [0.25, 0.3) is 6.08 Å². The maximum Gasteiger partial charge on any atom is 0.165 e. The number of hydrogen-bond donors (Lipinski definition) is 1. The number of aliphatic hydroxyl groups is 1. The standard InChI is InChI=1S/C17H19NO2/c1-18-13-8-9-14(18)17(16(20)11-13)15(19)10-7-12-5-3-2-4-6-12/h2-7,10,13-14,19H,8-9,11H2,1H3/b10-7+,17-15+/t13?,14-/m1/s1. The molecule has 1 aromatic carbocycles. The molecule has 1 unspecified atom stereocenters. The molecule has 3 nitrogen and oxygen atoms in total. The highest BCUT2D eigenvalue weighted by molar-refractivity contribution is 5.99.